The summed E-state index contributed by atoms with van der Waals surface area (Å²) in [7, 11) is 1.61. The molecule has 0 radical (unpaired) electrons. The van der Waals surface area contributed by atoms with Crippen LogP contribution in [-0.4, -0.2) is 34.7 Å². The zero-order valence-electron chi connectivity index (χ0n) is 10.8. The highest BCUT2D eigenvalue weighted by Gasteiger charge is 2.17. The number of H-pyrrole nitrogens is 1. The van der Waals surface area contributed by atoms with Crippen molar-refractivity contribution in [3.05, 3.63) is 35.7 Å². The van der Waals surface area contributed by atoms with Crippen LogP contribution in [0.5, 0.6) is 0 Å². The predicted octanol–water partition coefficient (Wildman–Crippen LogP) is 1.08. The van der Waals surface area contributed by atoms with E-state index in [0.717, 1.165) is 0 Å². The molecule has 2 N–H and O–H groups in total. The summed E-state index contributed by atoms with van der Waals surface area (Å²) in [4.78, 5) is 18.8. The Morgan fingerprint density at radius 2 is 2.47 bits per heavy atom. The average Bonchev–Trinajstić information content (AvgIpc) is 3.07. The number of hydrogen-bond donors (Lipinski definition) is 2. The maximum Gasteiger partial charge on any atom is 0.268 e. The Labute approximate surface area is 110 Å². The third-order valence-electron chi connectivity index (χ3n) is 2.57. The number of carbonyl (C=O) groups is 1. The molecule has 0 saturated heterocycles. The van der Waals surface area contributed by atoms with E-state index in [9.17, 15) is 4.79 Å². The minimum atomic E-state index is -0.348. The molecule has 2 aromatic heterocycles. The van der Waals surface area contributed by atoms with Crippen molar-refractivity contribution in [1.29, 1.82) is 0 Å². The van der Waals surface area contributed by atoms with E-state index in [0.29, 0.717) is 30.4 Å². The number of hydrogen-bond acceptors (Lipinski definition) is 5. The summed E-state index contributed by atoms with van der Waals surface area (Å²) in [6, 6.07) is 3.11. The first-order chi connectivity index (χ1) is 9.20. The van der Waals surface area contributed by atoms with Crippen LogP contribution in [0, 0.1) is 0 Å². The summed E-state index contributed by atoms with van der Waals surface area (Å²) >= 11 is 0. The van der Waals surface area contributed by atoms with Gasteiger partial charge in [0.25, 0.3) is 5.91 Å². The van der Waals surface area contributed by atoms with Crippen LogP contribution in [0.4, 0.5) is 0 Å². The lowest BCUT2D eigenvalue weighted by Gasteiger charge is -2.08. The van der Waals surface area contributed by atoms with Gasteiger partial charge >= 0.3 is 0 Å². The van der Waals surface area contributed by atoms with Gasteiger partial charge in [-0.15, -0.1) is 0 Å². The van der Waals surface area contributed by atoms with E-state index >= 15 is 0 Å². The quantitative estimate of drug-likeness (QED) is 0.814. The Bertz CT molecular complexity index is 521. The summed E-state index contributed by atoms with van der Waals surface area (Å²) in [5.41, 5.74) is 0.492. The third-order valence-corrected chi connectivity index (χ3v) is 2.57. The highest BCUT2D eigenvalue weighted by molar-refractivity contribution is 5.92. The monoisotopic (exact) mass is 264 g/mol. The first kappa shape index (κ1) is 13.3. The number of nitrogens with zero attached hydrogens (tertiary/aromatic N) is 2. The largest absolute Gasteiger partial charge is 0.384 e. The van der Waals surface area contributed by atoms with Gasteiger partial charge in [-0.1, -0.05) is 5.16 Å². The van der Waals surface area contributed by atoms with E-state index in [1.54, 1.807) is 32.4 Å². The Morgan fingerprint density at radius 1 is 1.63 bits per heavy atom. The molecule has 0 aliphatic rings. The van der Waals surface area contributed by atoms with Gasteiger partial charge in [0.2, 0.25) is 5.89 Å². The fraction of sp³-hybridized carbons (Fsp3) is 0.417. The first-order valence-corrected chi connectivity index (χ1v) is 5.96. The van der Waals surface area contributed by atoms with Crippen LogP contribution in [-0.2, 0) is 11.2 Å². The normalized spacial score (nSPS) is 12.3. The van der Waals surface area contributed by atoms with E-state index in [4.69, 9.17) is 9.26 Å². The fourth-order valence-electron chi connectivity index (χ4n) is 1.55. The van der Waals surface area contributed by atoms with Crippen LogP contribution in [0.25, 0.3) is 0 Å². The van der Waals surface area contributed by atoms with Crippen LogP contribution in [0.2, 0.25) is 0 Å². The van der Waals surface area contributed by atoms with E-state index in [1.807, 2.05) is 0 Å². The van der Waals surface area contributed by atoms with Gasteiger partial charge in [0.15, 0.2) is 5.82 Å². The number of rotatable bonds is 6. The second-order valence-electron chi connectivity index (χ2n) is 4.07. The van der Waals surface area contributed by atoms with Gasteiger partial charge in [0.05, 0.1) is 6.61 Å². The van der Waals surface area contributed by atoms with E-state index in [2.05, 4.69) is 20.4 Å². The van der Waals surface area contributed by atoms with Crippen molar-refractivity contribution < 1.29 is 14.1 Å². The number of ether oxygens (including phenoxy) is 1. The second kappa shape index (κ2) is 6.14. The number of aromatic amines is 1. The Morgan fingerprint density at radius 3 is 3.16 bits per heavy atom. The molecule has 0 aliphatic carbocycles. The van der Waals surface area contributed by atoms with Crippen molar-refractivity contribution in [1.82, 2.24) is 20.4 Å². The van der Waals surface area contributed by atoms with Gasteiger partial charge in [-0.25, -0.2) is 0 Å². The summed E-state index contributed by atoms with van der Waals surface area (Å²) in [5, 5.41) is 6.59. The van der Waals surface area contributed by atoms with Crippen LogP contribution in [0.1, 0.15) is 35.2 Å². The summed E-state index contributed by atoms with van der Waals surface area (Å²) in [5.74, 6) is 0.734. The third kappa shape index (κ3) is 3.41. The molecular formula is C12H16N4O3. The van der Waals surface area contributed by atoms with Crippen molar-refractivity contribution in [3.63, 3.8) is 0 Å². The van der Waals surface area contributed by atoms with Gasteiger partial charge < -0.3 is 19.6 Å². The number of amides is 1. The van der Waals surface area contributed by atoms with E-state index in [1.165, 1.54) is 0 Å². The molecule has 0 spiro atoms. The standard InChI is InChI=1S/C12H16N4O3/c1-8(14-11(17)9-4-3-6-13-9)12-15-10(16-19-12)5-7-18-2/h3-4,6,8,13H,5,7H2,1-2H3,(H,14,17)/t8-/m1/s1. The molecule has 0 fully saturated rings. The van der Waals surface area contributed by atoms with E-state index in [-0.39, 0.29) is 11.9 Å². The van der Waals surface area contributed by atoms with Crippen molar-refractivity contribution >= 4 is 5.91 Å². The molecule has 0 bridgehead atoms. The molecule has 1 atom stereocenters. The zero-order chi connectivity index (χ0) is 13.7. The summed E-state index contributed by atoms with van der Waals surface area (Å²) in [6.45, 7) is 2.32. The molecule has 1 amide bonds. The second-order valence-corrected chi connectivity index (χ2v) is 4.07. The number of nitrogens with one attached hydrogen (secondary N) is 2. The maximum atomic E-state index is 11.8. The molecule has 0 unspecified atom stereocenters. The molecule has 102 valence electrons. The molecule has 2 rings (SSSR count). The van der Waals surface area contributed by atoms with Crippen LogP contribution in [0.3, 0.4) is 0 Å². The predicted molar refractivity (Wildman–Crippen MR) is 66.6 cm³/mol. The zero-order valence-corrected chi connectivity index (χ0v) is 10.8. The van der Waals surface area contributed by atoms with Gasteiger partial charge in [-0.3, -0.25) is 4.79 Å². The highest BCUT2D eigenvalue weighted by atomic mass is 16.5. The first-order valence-electron chi connectivity index (χ1n) is 5.96. The lowest BCUT2D eigenvalue weighted by molar-refractivity contribution is 0.0928. The smallest absolute Gasteiger partial charge is 0.268 e. The molecule has 19 heavy (non-hydrogen) atoms. The molecule has 2 aromatic rings. The average molecular weight is 264 g/mol. The molecule has 0 aromatic carbocycles. The summed E-state index contributed by atoms with van der Waals surface area (Å²) in [6.07, 6.45) is 2.27. The number of aromatic nitrogens is 3. The maximum absolute atomic E-state index is 11.8. The Balaban J connectivity index is 1.94. The lowest BCUT2D eigenvalue weighted by atomic mass is 10.3. The van der Waals surface area contributed by atoms with Crippen molar-refractivity contribution in [2.75, 3.05) is 13.7 Å². The summed E-state index contributed by atoms with van der Waals surface area (Å²) < 4.78 is 10.0. The molecular weight excluding hydrogens is 248 g/mol. The van der Waals surface area contributed by atoms with Crippen molar-refractivity contribution in [2.45, 2.75) is 19.4 Å². The molecule has 7 heteroatoms. The lowest BCUT2D eigenvalue weighted by Crippen LogP contribution is -2.27. The topological polar surface area (TPSA) is 93.0 Å². The van der Waals surface area contributed by atoms with Gasteiger partial charge in [-0.05, 0) is 19.1 Å². The molecule has 0 saturated carbocycles. The van der Waals surface area contributed by atoms with Gasteiger partial charge in [0, 0.05) is 19.7 Å². The van der Waals surface area contributed by atoms with Crippen LogP contribution < -0.4 is 5.32 Å². The Kier molecular flexibility index (Phi) is 4.30. The minimum absolute atomic E-state index is 0.214. The van der Waals surface area contributed by atoms with Gasteiger partial charge in [0.1, 0.15) is 11.7 Å². The van der Waals surface area contributed by atoms with Gasteiger partial charge in [-0.2, -0.15) is 4.98 Å². The van der Waals surface area contributed by atoms with Crippen molar-refractivity contribution in [2.24, 2.45) is 0 Å². The Hall–Kier alpha value is -2.15. The number of carbonyl (C=O) groups excluding carboxylic acids is 1. The molecule has 2 heterocycles. The van der Waals surface area contributed by atoms with Crippen LogP contribution >= 0.6 is 0 Å². The fourth-order valence-corrected chi connectivity index (χ4v) is 1.55. The van der Waals surface area contributed by atoms with Crippen LogP contribution in [0.15, 0.2) is 22.9 Å². The highest BCUT2D eigenvalue weighted by Crippen LogP contribution is 2.10. The number of methoxy groups -OCH3 is 1. The van der Waals surface area contributed by atoms with E-state index < -0.39 is 0 Å². The SMILES string of the molecule is COCCc1noc([C@@H](C)NC(=O)c2ccc[nH]2)n1. The molecule has 7 nitrogen and oxygen atoms in total. The molecule has 0 aliphatic heterocycles. The van der Waals surface area contributed by atoms with Crippen molar-refractivity contribution in [3.8, 4) is 0 Å². The minimum Gasteiger partial charge on any atom is -0.384 e.